The lowest BCUT2D eigenvalue weighted by Gasteiger charge is -1.97. The normalized spacial score (nSPS) is 10.2. The molecule has 0 amide bonds. The van der Waals surface area contributed by atoms with Crippen molar-refractivity contribution in [1.29, 1.82) is 0 Å². The lowest BCUT2D eigenvalue weighted by atomic mass is 10.2. The van der Waals surface area contributed by atoms with E-state index < -0.39 is 10.9 Å². The minimum Gasteiger partial charge on any atom is -0.313 e. The summed E-state index contributed by atoms with van der Waals surface area (Å²) >= 11 is 0. The van der Waals surface area contributed by atoms with Crippen LogP contribution in [-0.4, -0.2) is 17.1 Å². The molecule has 1 aromatic carbocycles. The Bertz CT molecular complexity index is 414. The minimum absolute atomic E-state index is 0.0924. The highest BCUT2D eigenvalue weighted by Gasteiger charge is 2.12. The predicted molar refractivity (Wildman–Crippen MR) is 52.7 cm³/mol. The SMILES string of the molecule is C/C=N/OC(=O)c1cccc([N+](=O)[O-])c1. The zero-order chi connectivity index (χ0) is 11.3. The first kappa shape index (κ1) is 10.8. The molecule has 0 spiro atoms. The molecule has 0 N–H and O–H groups in total. The molecule has 0 aromatic heterocycles. The van der Waals surface area contributed by atoms with E-state index in [9.17, 15) is 14.9 Å². The van der Waals surface area contributed by atoms with Crippen molar-refractivity contribution in [3.63, 3.8) is 0 Å². The van der Waals surface area contributed by atoms with Gasteiger partial charge in [-0.2, -0.15) is 0 Å². The molecule has 1 aromatic rings. The van der Waals surface area contributed by atoms with E-state index in [4.69, 9.17) is 0 Å². The van der Waals surface area contributed by atoms with Crippen LogP contribution in [0.4, 0.5) is 5.69 Å². The van der Waals surface area contributed by atoms with Crippen LogP contribution in [0.3, 0.4) is 0 Å². The third-order valence-electron chi connectivity index (χ3n) is 1.53. The number of benzene rings is 1. The summed E-state index contributed by atoms with van der Waals surface area (Å²) in [6.07, 6.45) is 1.30. The van der Waals surface area contributed by atoms with Crippen LogP contribution in [0.1, 0.15) is 17.3 Å². The standard InChI is InChI=1S/C9H8N2O4/c1-2-10-15-9(12)7-4-3-5-8(6-7)11(13)14/h2-6H,1H3/b10-2+. The molecule has 6 heteroatoms. The van der Waals surface area contributed by atoms with Crippen LogP contribution in [0.25, 0.3) is 0 Å². The first-order valence-electron chi connectivity index (χ1n) is 4.09. The molecule has 0 heterocycles. The van der Waals surface area contributed by atoms with Crippen LogP contribution in [0.15, 0.2) is 29.4 Å². The number of nitro groups is 1. The first-order chi connectivity index (χ1) is 7.15. The Morgan fingerprint density at radius 2 is 2.33 bits per heavy atom. The molecule has 0 fully saturated rings. The Labute approximate surface area is 85.3 Å². The van der Waals surface area contributed by atoms with Crippen molar-refractivity contribution in [2.75, 3.05) is 0 Å². The molecule has 0 aliphatic rings. The molecule has 0 aliphatic heterocycles. The van der Waals surface area contributed by atoms with Gasteiger partial charge in [-0.1, -0.05) is 11.2 Å². The lowest BCUT2D eigenvalue weighted by Crippen LogP contribution is -2.01. The smallest absolute Gasteiger partial charge is 0.313 e. The Balaban J connectivity index is 2.90. The molecular weight excluding hydrogens is 200 g/mol. The van der Waals surface area contributed by atoms with E-state index in [0.717, 1.165) is 6.07 Å². The third kappa shape index (κ3) is 2.87. The van der Waals surface area contributed by atoms with E-state index in [0.29, 0.717) is 0 Å². The summed E-state index contributed by atoms with van der Waals surface area (Å²) in [7, 11) is 0. The van der Waals surface area contributed by atoms with Crippen molar-refractivity contribution in [1.82, 2.24) is 0 Å². The molecule has 0 saturated carbocycles. The monoisotopic (exact) mass is 208 g/mol. The number of carbonyl (C=O) groups is 1. The Morgan fingerprint density at radius 1 is 1.60 bits per heavy atom. The van der Waals surface area contributed by atoms with Crippen LogP contribution in [-0.2, 0) is 4.84 Å². The molecule has 78 valence electrons. The molecule has 0 atom stereocenters. The molecule has 0 unspecified atom stereocenters. The number of oxime groups is 1. The van der Waals surface area contributed by atoms with E-state index in [1.165, 1.54) is 24.4 Å². The van der Waals surface area contributed by atoms with Gasteiger partial charge < -0.3 is 4.84 Å². The number of non-ortho nitro benzene ring substituents is 1. The molecule has 0 saturated heterocycles. The first-order valence-corrected chi connectivity index (χ1v) is 4.09. The van der Waals surface area contributed by atoms with Crippen molar-refractivity contribution in [3.05, 3.63) is 39.9 Å². The Kier molecular flexibility index (Phi) is 3.50. The maximum atomic E-state index is 11.2. The lowest BCUT2D eigenvalue weighted by molar-refractivity contribution is -0.384. The predicted octanol–water partition coefficient (Wildman–Crippen LogP) is 1.76. The maximum absolute atomic E-state index is 11.2. The minimum atomic E-state index is -0.725. The van der Waals surface area contributed by atoms with Crippen LogP contribution in [0, 0.1) is 10.1 Å². The van der Waals surface area contributed by atoms with Crippen LogP contribution >= 0.6 is 0 Å². The van der Waals surface area contributed by atoms with E-state index in [1.54, 1.807) is 6.92 Å². The Hall–Kier alpha value is -2.24. The molecule has 15 heavy (non-hydrogen) atoms. The number of nitrogens with zero attached hydrogens (tertiary/aromatic N) is 2. The fourth-order valence-corrected chi connectivity index (χ4v) is 0.900. The second-order valence-corrected chi connectivity index (χ2v) is 2.55. The van der Waals surface area contributed by atoms with Gasteiger partial charge in [0.05, 0.1) is 10.5 Å². The average molecular weight is 208 g/mol. The van der Waals surface area contributed by atoms with Crippen molar-refractivity contribution in [3.8, 4) is 0 Å². The van der Waals surface area contributed by atoms with Gasteiger partial charge in [0, 0.05) is 18.3 Å². The number of nitro benzene ring substituents is 1. The van der Waals surface area contributed by atoms with Gasteiger partial charge in [-0.25, -0.2) is 4.79 Å². The van der Waals surface area contributed by atoms with Gasteiger partial charge in [0.1, 0.15) is 0 Å². The third-order valence-corrected chi connectivity index (χ3v) is 1.53. The highest BCUT2D eigenvalue weighted by molar-refractivity contribution is 5.90. The van der Waals surface area contributed by atoms with Gasteiger partial charge in [0.15, 0.2) is 0 Å². The number of hydrogen-bond donors (Lipinski definition) is 0. The summed E-state index contributed by atoms with van der Waals surface area (Å²) in [6, 6.07) is 5.25. The fourth-order valence-electron chi connectivity index (χ4n) is 0.900. The Morgan fingerprint density at radius 3 is 2.93 bits per heavy atom. The zero-order valence-electron chi connectivity index (χ0n) is 7.91. The maximum Gasteiger partial charge on any atom is 0.365 e. The van der Waals surface area contributed by atoms with E-state index in [1.807, 2.05) is 0 Å². The average Bonchev–Trinajstić information content (AvgIpc) is 2.26. The second-order valence-electron chi connectivity index (χ2n) is 2.55. The largest absolute Gasteiger partial charge is 0.365 e. The van der Waals surface area contributed by atoms with Gasteiger partial charge >= 0.3 is 5.97 Å². The van der Waals surface area contributed by atoms with Crippen molar-refractivity contribution < 1.29 is 14.6 Å². The zero-order valence-corrected chi connectivity index (χ0v) is 7.91. The van der Waals surface area contributed by atoms with Crippen LogP contribution in [0.2, 0.25) is 0 Å². The summed E-state index contributed by atoms with van der Waals surface area (Å²) in [5.74, 6) is -0.725. The van der Waals surface area contributed by atoms with Crippen molar-refractivity contribution in [2.45, 2.75) is 6.92 Å². The highest BCUT2D eigenvalue weighted by atomic mass is 16.7. The molecule has 0 radical (unpaired) electrons. The summed E-state index contributed by atoms with van der Waals surface area (Å²) in [5.41, 5.74) is -0.0697. The number of carbonyl (C=O) groups excluding carboxylic acids is 1. The second kappa shape index (κ2) is 4.85. The summed E-state index contributed by atoms with van der Waals surface area (Å²) in [5, 5.41) is 13.7. The van der Waals surface area contributed by atoms with Crippen LogP contribution in [0.5, 0.6) is 0 Å². The van der Waals surface area contributed by atoms with E-state index in [-0.39, 0.29) is 11.3 Å². The highest BCUT2D eigenvalue weighted by Crippen LogP contribution is 2.13. The quantitative estimate of drug-likeness (QED) is 0.328. The molecule has 0 aliphatic carbocycles. The van der Waals surface area contributed by atoms with Crippen LogP contribution < -0.4 is 0 Å². The van der Waals surface area contributed by atoms with Gasteiger partial charge in [0.2, 0.25) is 0 Å². The number of rotatable bonds is 3. The molecule has 1 rings (SSSR count). The fraction of sp³-hybridized carbons (Fsp3) is 0.111. The number of hydrogen-bond acceptors (Lipinski definition) is 5. The molecule has 0 bridgehead atoms. The summed E-state index contributed by atoms with van der Waals surface area (Å²) in [4.78, 5) is 25.5. The van der Waals surface area contributed by atoms with E-state index >= 15 is 0 Å². The summed E-state index contributed by atoms with van der Waals surface area (Å²) in [6.45, 7) is 1.58. The van der Waals surface area contributed by atoms with Gasteiger partial charge in [-0.3, -0.25) is 10.1 Å². The van der Waals surface area contributed by atoms with E-state index in [2.05, 4.69) is 9.99 Å². The van der Waals surface area contributed by atoms with Gasteiger partial charge in [-0.05, 0) is 13.0 Å². The molecular formula is C9H8N2O4. The van der Waals surface area contributed by atoms with Gasteiger partial charge in [-0.15, -0.1) is 0 Å². The summed E-state index contributed by atoms with van der Waals surface area (Å²) < 4.78 is 0. The topological polar surface area (TPSA) is 81.8 Å². The van der Waals surface area contributed by atoms with Gasteiger partial charge in [0.25, 0.3) is 5.69 Å². The van der Waals surface area contributed by atoms with Crippen molar-refractivity contribution in [2.24, 2.45) is 5.16 Å². The van der Waals surface area contributed by atoms with Crippen molar-refractivity contribution >= 4 is 17.9 Å². The molecule has 6 nitrogen and oxygen atoms in total.